The number of hydrogen-bond donors (Lipinski definition) is 2. The van der Waals surface area contributed by atoms with Crippen molar-refractivity contribution >= 4 is 33.3 Å². The maximum absolute atomic E-state index is 12.7. The average Bonchev–Trinajstić information content (AvgIpc) is 2.75. The summed E-state index contributed by atoms with van der Waals surface area (Å²) in [7, 11) is 0. The second-order valence-electron chi connectivity index (χ2n) is 5.44. The van der Waals surface area contributed by atoms with Crippen molar-refractivity contribution in [2.24, 2.45) is 0 Å². The number of nitrogen functional groups attached to an aromatic ring is 1. The Labute approximate surface area is 126 Å². The molecule has 21 heavy (non-hydrogen) atoms. The Hall–Kier alpha value is -1.73. The third-order valence-corrected chi connectivity index (χ3v) is 4.98. The van der Waals surface area contributed by atoms with Gasteiger partial charge in [-0.25, -0.2) is 9.97 Å². The maximum atomic E-state index is 12.7. The second-order valence-corrected chi connectivity index (χ2v) is 6.44. The van der Waals surface area contributed by atoms with E-state index in [2.05, 4.69) is 9.97 Å². The molecule has 2 aromatic rings. The maximum Gasteiger partial charge on any atom is 0.264 e. The lowest BCUT2D eigenvalue weighted by Crippen LogP contribution is -2.42. The zero-order chi connectivity index (χ0) is 15.1. The summed E-state index contributed by atoms with van der Waals surface area (Å²) in [5, 5.41) is 10.5. The summed E-state index contributed by atoms with van der Waals surface area (Å²) in [6.45, 7) is 4.74. The Balaban J connectivity index is 2.02. The number of fused-ring (bicyclic) bond motifs is 1. The summed E-state index contributed by atoms with van der Waals surface area (Å²) in [6.07, 6.45) is 1.16. The number of carbonyl (C=O) groups excluding carboxylic acids is 1. The molecule has 6 nitrogen and oxygen atoms in total. The van der Waals surface area contributed by atoms with Gasteiger partial charge in [0.1, 0.15) is 16.5 Å². The number of amides is 1. The van der Waals surface area contributed by atoms with Crippen LogP contribution in [0.1, 0.15) is 33.9 Å². The monoisotopic (exact) mass is 306 g/mol. The standard InChI is InChI=1S/C14H18N4O2S/c1-7-10-12(15)16-8(2)17-13(10)21-11(7)14(20)18-5-3-4-9(19)6-18/h9,19H,3-6H2,1-2H3,(H2,15,16,17). The van der Waals surface area contributed by atoms with Gasteiger partial charge in [0.15, 0.2) is 0 Å². The van der Waals surface area contributed by atoms with Crippen molar-refractivity contribution < 1.29 is 9.90 Å². The summed E-state index contributed by atoms with van der Waals surface area (Å²) in [4.78, 5) is 24.3. The summed E-state index contributed by atoms with van der Waals surface area (Å²) in [6, 6.07) is 0. The van der Waals surface area contributed by atoms with Gasteiger partial charge < -0.3 is 15.7 Å². The number of aliphatic hydroxyl groups excluding tert-OH is 1. The van der Waals surface area contributed by atoms with Crippen LogP contribution in [-0.2, 0) is 0 Å². The second kappa shape index (κ2) is 5.23. The van der Waals surface area contributed by atoms with E-state index in [0.29, 0.717) is 29.6 Å². The molecule has 1 saturated heterocycles. The number of rotatable bonds is 1. The number of hydrogen-bond acceptors (Lipinski definition) is 6. The van der Waals surface area contributed by atoms with Gasteiger partial charge in [0, 0.05) is 13.1 Å². The van der Waals surface area contributed by atoms with E-state index >= 15 is 0 Å². The van der Waals surface area contributed by atoms with Crippen molar-refractivity contribution in [2.45, 2.75) is 32.8 Å². The molecule has 3 rings (SSSR count). The van der Waals surface area contributed by atoms with Gasteiger partial charge in [-0.2, -0.15) is 0 Å². The number of nitrogens with zero attached hydrogens (tertiary/aromatic N) is 3. The van der Waals surface area contributed by atoms with Crippen LogP contribution in [-0.4, -0.2) is 45.1 Å². The Bertz CT molecular complexity index is 713. The SMILES string of the molecule is Cc1nc(N)c2c(C)c(C(=O)N3CCCC(O)C3)sc2n1. The van der Waals surface area contributed by atoms with Crippen molar-refractivity contribution in [3.05, 3.63) is 16.3 Å². The number of β-amino-alcohol motifs (C(OH)–C–C–N with tert-alkyl or cyclic N) is 1. The molecule has 112 valence electrons. The molecule has 1 unspecified atom stereocenters. The van der Waals surface area contributed by atoms with Gasteiger partial charge in [0.05, 0.1) is 16.4 Å². The van der Waals surface area contributed by atoms with E-state index in [9.17, 15) is 9.90 Å². The highest BCUT2D eigenvalue weighted by atomic mass is 32.1. The number of nitrogens with two attached hydrogens (primary N) is 1. The summed E-state index contributed by atoms with van der Waals surface area (Å²) in [5.74, 6) is 0.976. The van der Waals surface area contributed by atoms with Crippen LogP contribution in [0.2, 0.25) is 0 Å². The molecule has 0 aromatic carbocycles. The van der Waals surface area contributed by atoms with Crippen molar-refractivity contribution in [2.75, 3.05) is 18.8 Å². The molecule has 3 heterocycles. The predicted octanol–water partition coefficient (Wildman–Crippen LogP) is 1.49. The normalized spacial score (nSPS) is 19.2. The van der Waals surface area contributed by atoms with Crippen LogP contribution < -0.4 is 5.73 Å². The molecule has 1 fully saturated rings. The smallest absolute Gasteiger partial charge is 0.264 e. The quantitative estimate of drug-likeness (QED) is 0.832. The molecule has 0 spiro atoms. The molecule has 0 radical (unpaired) electrons. The third-order valence-electron chi connectivity index (χ3n) is 3.81. The van der Waals surface area contributed by atoms with Crippen molar-refractivity contribution in [1.82, 2.24) is 14.9 Å². The van der Waals surface area contributed by atoms with E-state index in [0.717, 1.165) is 28.6 Å². The molecule has 1 atom stereocenters. The molecule has 1 aliphatic heterocycles. The van der Waals surface area contributed by atoms with Gasteiger partial charge in [-0.3, -0.25) is 4.79 Å². The molecular formula is C14H18N4O2S. The zero-order valence-corrected chi connectivity index (χ0v) is 12.9. The number of carbonyl (C=O) groups is 1. The number of thiophene rings is 1. The highest BCUT2D eigenvalue weighted by molar-refractivity contribution is 7.20. The number of aromatic nitrogens is 2. The topological polar surface area (TPSA) is 92.3 Å². The minimum absolute atomic E-state index is 0.0497. The van der Waals surface area contributed by atoms with Crippen LogP contribution in [0.3, 0.4) is 0 Å². The van der Waals surface area contributed by atoms with Crippen LogP contribution in [0, 0.1) is 13.8 Å². The van der Waals surface area contributed by atoms with E-state index in [4.69, 9.17) is 5.73 Å². The molecule has 1 amide bonds. The summed E-state index contributed by atoms with van der Waals surface area (Å²) < 4.78 is 0. The number of aryl methyl sites for hydroxylation is 2. The fraction of sp³-hybridized carbons (Fsp3) is 0.500. The fourth-order valence-corrected chi connectivity index (χ4v) is 3.97. The van der Waals surface area contributed by atoms with E-state index in [1.165, 1.54) is 11.3 Å². The van der Waals surface area contributed by atoms with Gasteiger partial charge in [-0.1, -0.05) is 0 Å². The molecule has 7 heteroatoms. The van der Waals surface area contributed by atoms with Crippen LogP contribution in [0.5, 0.6) is 0 Å². The molecule has 0 saturated carbocycles. The Kier molecular flexibility index (Phi) is 3.54. The lowest BCUT2D eigenvalue weighted by molar-refractivity contribution is 0.0477. The van der Waals surface area contributed by atoms with Gasteiger partial charge in [0.25, 0.3) is 5.91 Å². The van der Waals surface area contributed by atoms with E-state index < -0.39 is 6.10 Å². The first-order valence-electron chi connectivity index (χ1n) is 6.98. The fourth-order valence-electron chi connectivity index (χ4n) is 2.77. The number of piperidine rings is 1. The van der Waals surface area contributed by atoms with Gasteiger partial charge in [-0.05, 0) is 32.3 Å². The highest BCUT2D eigenvalue weighted by Crippen LogP contribution is 2.33. The van der Waals surface area contributed by atoms with E-state index in [-0.39, 0.29) is 5.91 Å². The number of likely N-dealkylation sites (tertiary alicyclic amines) is 1. The molecule has 1 aliphatic rings. The van der Waals surface area contributed by atoms with E-state index in [1.54, 1.807) is 11.8 Å². The van der Waals surface area contributed by atoms with Gasteiger partial charge >= 0.3 is 0 Å². The average molecular weight is 306 g/mol. The Morgan fingerprint density at radius 1 is 1.43 bits per heavy atom. The van der Waals surface area contributed by atoms with Crippen LogP contribution in [0.4, 0.5) is 5.82 Å². The first-order chi connectivity index (χ1) is 9.97. The predicted molar refractivity (Wildman–Crippen MR) is 82.4 cm³/mol. The zero-order valence-electron chi connectivity index (χ0n) is 12.1. The van der Waals surface area contributed by atoms with Crippen LogP contribution >= 0.6 is 11.3 Å². The Morgan fingerprint density at radius 2 is 2.19 bits per heavy atom. The lowest BCUT2D eigenvalue weighted by Gasteiger charge is -2.29. The molecule has 2 aromatic heterocycles. The first kappa shape index (κ1) is 14.2. The third kappa shape index (κ3) is 2.47. The van der Waals surface area contributed by atoms with Crippen molar-refractivity contribution in [3.63, 3.8) is 0 Å². The minimum atomic E-state index is -0.426. The largest absolute Gasteiger partial charge is 0.391 e. The van der Waals surface area contributed by atoms with Crippen LogP contribution in [0.25, 0.3) is 10.2 Å². The van der Waals surface area contributed by atoms with Crippen LogP contribution in [0.15, 0.2) is 0 Å². The number of aliphatic hydroxyl groups is 1. The van der Waals surface area contributed by atoms with E-state index in [1.807, 2.05) is 6.92 Å². The molecule has 3 N–H and O–H groups in total. The summed E-state index contributed by atoms with van der Waals surface area (Å²) in [5.41, 5.74) is 6.79. The van der Waals surface area contributed by atoms with Gasteiger partial charge in [-0.15, -0.1) is 11.3 Å². The minimum Gasteiger partial charge on any atom is -0.391 e. The molecular weight excluding hydrogens is 288 g/mol. The summed E-state index contributed by atoms with van der Waals surface area (Å²) >= 11 is 1.35. The molecule has 0 aliphatic carbocycles. The lowest BCUT2D eigenvalue weighted by atomic mass is 10.1. The first-order valence-corrected chi connectivity index (χ1v) is 7.79. The molecule has 0 bridgehead atoms. The van der Waals surface area contributed by atoms with Crippen molar-refractivity contribution in [1.29, 1.82) is 0 Å². The Morgan fingerprint density at radius 3 is 2.90 bits per heavy atom. The number of anilines is 1. The van der Waals surface area contributed by atoms with Crippen molar-refractivity contribution in [3.8, 4) is 0 Å². The highest BCUT2D eigenvalue weighted by Gasteiger charge is 2.27. The van der Waals surface area contributed by atoms with Gasteiger partial charge in [0.2, 0.25) is 0 Å².